The molecular weight excluding hydrogens is 341 g/mol. The molecule has 2 aromatic rings. The second-order valence-corrected chi connectivity index (χ2v) is 5.96. The van der Waals surface area contributed by atoms with Crippen LogP contribution < -0.4 is 4.74 Å². The summed E-state index contributed by atoms with van der Waals surface area (Å²) in [6.45, 7) is 4.49. The quantitative estimate of drug-likeness (QED) is 0.582. The van der Waals surface area contributed by atoms with Gasteiger partial charge in [0.05, 0.1) is 12.6 Å². The highest BCUT2D eigenvalue weighted by Gasteiger charge is 2.14. The van der Waals surface area contributed by atoms with Crippen LogP contribution in [0.3, 0.4) is 0 Å². The van der Waals surface area contributed by atoms with Crippen LogP contribution in [0.25, 0.3) is 0 Å². The van der Waals surface area contributed by atoms with Crippen LogP contribution in [0.2, 0.25) is 15.1 Å². The van der Waals surface area contributed by atoms with Crippen molar-refractivity contribution in [1.29, 1.82) is 0 Å². The van der Waals surface area contributed by atoms with Crippen LogP contribution in [0.5, 0.6) is 5.75 Å². The summed E-state index contributed by atoms with van der Waals surface area (Å²) in [6, 6.07) is 10.9. The molecule has 22 heavy (non-hydrogen) atoms. The molecule has 0 saturated heterocycles. The van der Waals surface area contributed by atoms with Crippen molar-refractivity contribution in [1.82, 2.24) is 0 Å². The van der Waals surface area contributed by atoms with Gasteiger partial charge in [-0.25, -0.2) is 0 Å². The first kappa shape index (κ1) is 17.1. The summed E-state index contributed by atoms with van der Waals surface area (Å²) in [5, 5.41) is 1.54. The van der Waals surface area contributed by atoms with Crippen molar-refractivity contribution in [3.8, 4) is 5.75 Å². The molecule has 0 spiro atoms. The van der Waals surface area contributed by atoms with E-state index in [9.17, 15) is 0 Å². The third-order valence-corrected chi connectivity index (χ3v) is 3.96. The topological polar surface area (TPSA) is 21.6 Å². The summed E-state index contributed by atoms with van der Waals surface area (Å²) < 4.78 is 5.58. The molecule has 1 atom stereocenters. The Morgan fingerprint density at radius 3 is 2.41 bits per heavy atom. The third kappa shape index (κ3) is 4.16. The predicted octanol–water partition coefficient (Wildman–Crippen LogP) is 6.23. The Bertz CT molecular complexity index is 662. The molecular formula is C17H16Cl3NO. The van der Waals surface area contributed by atoms with Crippen molar-refractivity contribution in [2.75, 3.05) is 6.61 Å². The second-order valence-electron chi connectivity index (χ2n) is 4.71. The SMILES string of the molecule is CCOc1ccccc1C=NC(C)c1c(Cl)cc(Cl)cc1Cl. The standard InChI is InChI=1S/C17H16Cl3NO/c1-3-22-16-7-5-4-6-12(16)10-21-11(2)17-14(19)8-13(18)9-15(17)20/h4-11H,3H2,1-2H3. The molecule has 0 aromatic heterocycles. The Kier molecular flexibility index (Phi) is 6.13. The van der Waals surface area contributed by atoms with Gasteiger partial charge in [-0.15, -0.1) is 0 Å². The number of hydrogen-bond acceptors (Lipinski definition) is 2. The zero-order valence-electron chi connectivity index (χ0n) is 12.3. The zero-order chi connectivity index (χ0) is 16.1. The van der Waals surface area contributed by atoms with Crippen molar-refractivity contribution in [2.45, 2.75) is 19.9 Å². The number of para-hydroxylation sites is 1. The molecule has 0 bridgehead atoms. The zero-order valence-corrected chi connectivity index (χ0v) is 14.6. The summed E-state index contributed by atoms with van der Waals surface area (Å²) in [5.74, 6) is 0.800. The van der Waals surface area contributed by atoms with E-state index in [1.165, 1.54) is 0 Å². The maximum atomic E-state index is 6.22. The highest BCUT2D eigenvalue weighted by Crippen LogP contribution is 2.35. The molecule has 0 heterocycles. The van der Waals surface area contributed by atoms with Gasteiger partial charge in [-0.2, -0.15) is 0 Å². The normalized spacial score (nSPS) is 12.6. The van der Waals surface area contributed by atoms with Gasteiger partial charge in [0.2, 0.25) is 0 Å². The smallest absolute Gasteiger partial charge is 0.128 e. The maximum absolute atomic E-state index is 6.22. The summed E-state index contributed by atoms with van der Waals surface area (Å²) in [5.41, 5.74) is 1.68. The molecule has 1 unspecified atom stereocenters. The molecule has 2 aromatic carbocycles. The van der Waals surface area contributed by atoms with Crippen LogP contribution in [-0.4, -0.2) is 12.8 Å². The van der Waals surface area contributed by atoms with Crippen molar-refractivity contribution < 1.29 is 4.74 Å². The van der Waals surface area contributed by atoms with Crippen LogP contribution in [0.1, 0.15) is 31.0 Å². The number of rotatable bonds is 5. The first-order valence-electron chi connectivity index (χ1n) is 6.92. The number of ether oxygens (including phenoxy) is 1. The van der Waals surface area contributed by atoms with Gasteiger partial charge in [-0.05, 0) is 38.1 Å². The summed E-state index contributed by atoms with van der Waals surface area (Å²) in [4.78, 5) is 4.54. The van der Waals surface area contributed by atoms with E-state index in [4.69, 9.17) is 39.5 Å². The van der Waals surface area contributed by atoms with E-state index in [0.717, 1.165) is 16.9 Å². The van der Waals surface area contributed by atoms with Crippen molar-refractivity contribution in [2.24, 2.45) is 4.99 Å². The van der Waals surface area contributed by atoms with Gasteiger partial charge in [0.1, 0.15) is 5.75 Å². The fourth-order valence-corrected chi connectivity index (χ4v) is 3.23. The number of benzene rings is 2. The molecule has 0 amide bonds. The highest BCUT2D eigenvalue weighted by atomic mass is 35.5. The molecule has 0 N–H and O–H groups in total. The van der Waals surface area contributed by atoms with E-state index in [0.29, 0.717) is 21.7 Å². The summed E-state index contributed by atoms with van der Waals surface area (Å²) in [7, 11) is 0. The molecule has 116 valence electrons. The summed E-state index contributed by atoms with van der Waals surface area (Å²) in [6.07, 6.45) is 1.77. The molecule has 0 aliphatic carbocycles. The number of hydrogen-bond donors (Lipinski definition) is 0. The van der Waals surface area contributed by atoms with Crippen LogP contribution in [-0.2, 0) is 0 Å². The van der Waals surface area contributed by atoms with Gasteiger partial charge in [-0.1, -0.05) is 46.9 Å². The Labute approximate surface area is 145 Å². The fraction of sp³-hybridized carbons (Fsp3) is 0.235. The fourth-order valence-electron chi connectivity index (χ4n) is 2.09. The van der Waals surface area contributed by atoms with Gasteiger partial charge >= 0.3 is 0 Å². The van der Waals surface area contributed by atoms with Crippen LogP contribution in [0, 0.1) is 0 Å². The lowest BCUT2D eigenvalue weighted by molar-refractivity contribution is 0.340. The van der Waals surface area contributed by atoms with E-state index in [1.807, 2.05) is 38.1 Å². The number of aliphatic imine (C=N–C) groups is 1. The number of nitrogens with zero attached hydrogens (tertiary/aromatic N) is 1. The molecule has 0 fully saturated rings. The first-order valence-corrected chi connectivity index (χ1v) is 8.05. The largest absolute Gasteiger partial charge is 0.493 e. The minimum atomic E-state index is -0.188. The Balaban J connectivity index is 2.27. The Morgan fingerprint density at radius 2 is 1.77 bits per heavy atom. The molecule has 0 saturated carbocycles. The van der Waals surface area contributed by atoms with Gasteiger partial charge < -0.3 is 4.74 Å². The van der Waals surface area contributed by atoms with Crippen molar-refractivity contribution in [3.63, 3.8) is 0 Å². The molecule has 5 heteroatoms. The second kappa shape index (κ2) is 7.87. The van der Waals surface area contributed by atoms with Gasteiger partial charge in [0.15, 0.2) is 0 Å². The minimum absolute atomic E-state index is 0.188. The Morgan fingerprint density at radius 1 is 1.14 bits per heavy atom. The lowest BCUT2D eigenvalue weighted by atomic mass is 10.1. The maximum Gasteiger partial charge on any atom is 0.128 e. The van der Waals surface area contributed by atoms with Gasteiger partial charge in [-0.3, -0.25) is 4.99 Å². The Hall–Kier alpha value is -1.22. The van der Waals surface area contributed by atoms with E-state index in [2.05, 4.69) is 4.99 Å². The third-order valence-electron chi connectivity index (χ3n) is 3.12. The molecule has 0 aliphatic heterocycles. The molecule has 2 rings (SSSR count). The van der Waals surface area contributed by atoms with E-state index in [-0.39, 0.29) is 6.04 Å². The molecule has 0 radical (unpaired) electrons. The monoisotopic (exact) mass is 355 g/mol. The lowest BCUT2D eigenvalue weighted by Gasteiger charge is -2.12. The van der Waals surface area contributed by atoms with E-state index < -0.39 is 0 Å². The predicted molar refractivity (Wildman–Crippen MR) is 95.1 cm³/mol. The van der Waals surface area contributed by atoms with Gasteiger partial charge in [0, 0.05) is 32.4 Å². The first-order chi connectivity index (χ1) is 10.5. The minimum Gasteiger partial charge on any atom is -0.493 e. The van der Waals surface area contributed by atoms with Crippen LogP contribution >= 0.6 is 34.8 Å². The van der Waals surface area contributed by atoms with Crippen LogP contribution in [0.4, 0.5) is 0 Å². The molecule has 2 nitrogen and oxygen atoms in total. The average molecular weight is 357 g/mol. The number of halogens is 3. The van der Waals surface area contributed by atoms with Crippen molar-refractivity contribution >= 4 is 41.0 Å². The van der Waals surface area contributed by atoms with Gasteiger partial charge in [0.25, 0.3) is 0 Å². The van der Waals surface area contributed by atoms with E-state index >= 15 is 0 Å². The van der Waals surface area contributed by atoms with E-state index in [1.54, 1.807) is 18.3 Å². The lowest BCUT2D eigenvalue weighted by Crippen LogP contribution is -1.98. The average Bonchev–Trinajstić information content (AvgIpc) is 2.45. The van der Waals surface area contributed by atoms with Crippen molar-refractivity contribution in [3.05, 3.63) is 62.6 Å². The summed E-state index contributed by atoms with van der Waals surface area (Å²) >= 11 is 18.4. The molecule has 0 aliphatic rings. The highest BCUT2D eigenvalue weighted by molar-refractivity contribution is 6.39. The van der Waals surface area contributed by atoms with Crippen LogP contribution in [0.15, 0.2) is 41.4 Å².